The first-order valence-corrected chi connectivity index (χ1v) is 6.71. The number of alkyl halides is 3. The number of H-pyrrole nitrogens is 1. The molecule has 0 radical (unpaired) electrons. The van der Waals surface area contributed by atoms with Gasteiger partial charge < -0.3 is 10.3 Å². The zero-order chi connectivity index (χ0) is 16.8. The number of imidazole rings is 1. The van der Waals surface area contributed by atoms with Crippen LogP contribution < -0.4 is 10.6 Å². The lowest BCUT2D eigenvalue weighted by atomic mass is 9.99. The molecule has 124 valence electrons. The summed E-state index contributed by atoms with van der Waals surface area (Å²) in [6, 6.07) is 0.236. The van der Waals surface area contributed by atoms with Crippen LogP contribution in [0.3, 0.4) is 0 Å². The van der Waals surface area contributed by atoms with E-state index in [0.717, 1.165) is 12.1 Å². The average Bonchev–Trinajstić information content (AvgIpc) is 3.05. The van der Waals surface area contributed by atoms with E-state index in [1.54, 1.807) is 0 Å². The Morgan fingerprint density at radius 3 is 2.65 bits per heavy atom. The molecule has 1 amide bonds. The van der Waals surface area contributed by atoms with Gasteiger partial charge in [0.25, 0.3) is 0 Å². The van der Waals surface area contributed by atoms with Crippen LogP contribution in [0.25, 0.3) is 11.0 Å². The summed E-state index contributed by atoms with van der Waals surface area (Å²) < 4.78 is 64.7. The molecule has 3 rings (SSSR count). The van der Waals surface area contributed by atoms with Crippen molar-refractivity contribution in [1.82, 2.24) is 15.3 Å². The molecule has 5 nitrogen and oxygen atoms in total. The highest BCUT2D eigenvalue weighted by atomic mass is 19.4. The van der Waals surface area contributed by atoms with Gasteiger partial charge in [-0.1, -0.05) is 0 Å². The van der Waals surface area contributed by atoms with Gasteiger partial charge in [-0.15, -0.1) is 0 Å². The average molecular weight is 334 g/mol. The van der Waals surface area contributed by atoms with Crippen molar-refractivity contribution in [3.8, 4) is 0 Å². The number of amides is 1. The first-order chi connectivity index (χ1) is 10.8. The molecule has 2 atom stereocenters. The molecule has 2 aromatic rings. The molecule has 0 unspecified atom stereocenters. The van der Waals surface area contributed by atoms with Crippen molar-refractivity contribution in [2.24, 2.45) is 5.92 Å². The highest BCUT2D eigenvalue weighted by molar-refractivity contribution is 5.95. The minimum atomic E-state index is -4.49. The monoisotopic (exact) mass is 334 g/mol. The van der Waals surface area contributed by atoms with E-state index in [1.165, 1.54) is 0 Å². The second kappa shape index (κ2) is 5.44. The number of hydrogen-bond donors (Lipinski definition) is 3. The summed E-state index contributed by atoms with van der Waals surface area (Å²) in [6.45, 7) is 0.0683. The standard InChI is InChI=1S/C13H11F5N4O/c14-6-3-8-9(4-7(6)15)21-12(20-8)22-11(23)10-5(1-2-19-10)13(16,17)18/h3-5,10,19H,1-2H2,(H2,20,21,22,23)/t5-,10-/m0/s1. The lowest BCUT2D eigenvalue weighted by Gasteiger charge is -2.20. The molecule has 1 aromatic carbocycles. The van der Waals surface area contributed by atoms with E-state index in [4.69, 9.17) is 0 Å². The third-order valence-corrected chi connectivity index (χ3v) is 3.69. The van der Waals surface area contributed by atoms with Gasteiger partial charge in [0.15, 0.2) is 11.6 Å². The van der Waals surface area contributed by atoms with Crippen LogP contribution in [-0.4, -0.2) is 34.6 Å². The highest BCUT2D eigenvalue weighted by Crippen LogP contribution is 2.34. The lowest BCUT2D eigenvalue weighted by molar-refractivity contribution is -0.178. The normalized spacial score (nSPS) is 21.8. The van der Waals surface area contributed by atoms with Crippen molar-refractivity contribution in [2.45, 2.75) is 18.6 Å². The number of nitrogens with zero attached hydrogens (tertiary/aromatic N) is 1. The van der Waals surface area contributed by atoms with Crippen molar-refractivity contribution in [2.75, 3.05) is 11.9 Å². The molecule has 1 aromatic heterocycles. The predicted octanol–water partition coefficient (Wildman–Crippen LogP) is 2.32. The summed E-state index contributed by atoms with van der Waals surface area (Å²) in [4.78, 5) is 18.3. The Kier molecular flexibility index (Phi) is 3.71. The molecule has 23 heavy (non-hydrogen) atoms. The van der Waals surface area contributed by atoms with Crippen LogP contribution >= 0.6 is 0 Å². The topological polar surface area (TPSA) is 69.8 Å². The van der Waals surface area contributed by atoms with Crippen molar-refractivity contribution in [3.63, 3.8) is 0 Å². The van der Waals surface area contributed by atoms with Crippen LogP contribution in [0.5, 0.6) is 0 Å². The number of rotatable bonds is 2. The van der Waals surface area contributed by atoms with E-state index in [-0.39, 0.29) is 29.9 Å². The number of aromatic amines is 1. The Morgan fingerprint density at radius 1 is 1.26 bits per heavy atom. The van der Waals surface area contributed by atoms with Crippen LogP contribution in [0.4, 0.5) is 27.9 Å². The minimum absolute atomic E-state index is 0.0472. The molecule has 2 heterocycles. The Balaban J connectivity index is 1.80. The van der Waals surface area contributed by atoms with Gasteiger partial charge in [-0.05, 0) is 13.0 Å². The molecule has 1 aliphatic rings. The Hall–Kier alpha value is -2.23. The maximum atomic E-state index is 13.1. The third kappa shape index (κ3) is 2.98. The molecule has 1 aliphatic heterocycles. The second-order valence-corrected chi connectivity index (χ2v) is 5.23. The van der Waals surface area contributed by atoms with Crippen molar-refractivity contribution in [3.05, 3.63) is 23.8 Å². The maximum Gasteiger partial charge on any atom is 0.393 e. The zero-order valence-electron chi connectivity index (χ0n) is 11.5. The molecule has 0 saturated carbocycles. The molecule has 10 heteroatoms. The van der Waals surface area contributed by atoms with Crippen molar-refractivity contribution < 1.29 is 26.7 Å². The largest absolute Gasteiger partial charge is 0.393 e. The summed E-state index contributed by atoms with van der Waals surface area (Å²) in [6.07, 6.45) is -4.69. The molecular weight excluding hydrogens is 323 g/mol. The van der Waals surface area contributed by atoms with Gasteiger partial charge in [0.05, 0.1) is 23.0 Å². The Labute approximate surface area is 126 Å². The number of carbonyl (C=O) groups is 1. The zero-order valence-corrected chi connectivity index (χ0v) is 11.5. The van der Waals surface area contributed by atoms with Gasteiger partial charge >= 0.3 is 6.18 Å². The first kappa shape index (κ1) is 15.7. The number of anilines is 1. The number of halogens is 5. The second-order valence-electron chi connectivity index (χ2n) is 5.23. The van der Waals surface area contributed by atoms with Gasteiger partial charge in [0.2, 0.25) is 11.9 Å². The quantitative estimate of drug-likeness (QED) is 0.738. The van der Waals surface area contributed by atoms with Gasteiger partial charge in [-0.3, -0.25) is 10.1 Å². The van der Waals surface area contributed by atoms with E-state index in [2.05, 4.69) is 20.6 Å². The fourth-order valence-electron chi connectivity index (χ4n) is 2.59. The number of fused-ring (bicyclic) bond motifs is 1. The molecular formula is C13H11F5N4O. The number of nitrogens with one attached hydrogen (secondary N) is 3. The molecule has 0 aliphatic carbocycles. The van der Waals surface area contributed by atoms with Crippen molar-refractivity contribution in [1.29, 1.82) is 0 Å². The smallest absolute Gasteiger partial charge is 0.324 e. The van der Waals surface area contributed by atoms with E-state index in [0.29, 0.717) is 0 Å². The van der Waals surface area contributed by atoms with Gasteiger partial charge in [0.1, 0.15) is 0 Å². The number of benzene rings is 1. The molecule has 1 saturated heterocycles. The SMILES string of the molecule is O=C(Nc1nc2cc(F)c(F)cc2[nH]1)[C@H]1NCC[C@@H]1C(F)(F)F. The first-order valence-electron chi connectivity index (χ1n) is 6.71. The number of aromatic nitrogens is 2. The molecule has 3 N–H and O–H groups in total. The van der Waals surface area contributed by atoms with E-state index in [9.17, 15) is 26.7 Å². The Bertz CT molecular complexity index is 718. The molecule has 0 spiro atoms. The van der Waals surface area contributed by atoms with Gasteiger partial charge in [-0.2, -0.15) is 13.2 Å². The fraction of sp³-hybridized carbons (Fsp3) is 0.385. The van der Waals surface area contributed by atoms with Gasteiger partial charge in [-0.25, -0.2) is 13.8 Å². The van der Waals surface area contributed by atoms with E-state index in [1.807, 2.05) is 0 Å². The lowest BCUT2D eigenvalue weighted by Crippen LogP contribution is -2.44. The fourth-order valence-corrected chi connectivity index (χ4v) is 2.59. The highest BCUT2D eigenvalue weighted by Gasteiger charge is 2.49. The predicted molar refractivity (Wildman–Crippen MR) is 70.6 cm³/mol. The summed E-state index contributed by atoms with van der Waals surface area (Å²) in [5.41, 5.74) is 0.164. The van der Waals surface area contributed by atoms with Gasteiger partial charge in [0, 0.05) is 12.1 Å². The van der Waals surface area contributed by atoms with Crippen LogP contribution in [0.1, 0.15) is 6.42 Å². The molecule has 1 fully saturated rings. The summed E-state index contributed by atoms with van der Waals surface area (Å²) >= 11 is 0. The summed E-state index contributed by atoms with van der Waals surface area (Å²) in [5.74, 6) is -5.10. The van der Waals surface area contributed by atoms with E-state index < -0.39 is 35.7 Å². The van der Waals surface area contributed by atoms with Crippen LogP contribution in [0.15, 0.2) is 12.1 Å². The van der Waals surface area contributed by atoms with Crippen LogP contribution in [0.2, 0.25) is 0 Å². The minimum Gasteiger partial charge on any atom is -0.324 e. The Morgan fingerprint density at radius 2 is 1.96 bits per heavy atom. The summed E-state index contributed by atoms with van der Waals surface area (Å²) in [7, 11) is 0. The summed E-state index contributed by atoms with van der Waals surface area (Å²) in [5, 5.41) is 4.69. The third-order valence-electron chi connectivity index (χ3n) is 3.69. The van der Waals surface area contributed by atoms with Crippen LogP contribution in [-0.2, 0) is 4.79 Å². The number of hydrogen-bond acceptors (Lipinski definition) is 3. The van der Waals surface area contributed by atoms with Crippen LogP contribution in [0, 0.1) is 17.6 Å². The van der Waals surface area contributed by atoms with Crippen molar-refractivity contribution >= 4 is 22.9 Å². The van der Waals surface area contributed by atoms with E-state index >= 15 is 0 Å². The molecule has 0 bridgehead atoms. The number of carbonyl (C=O) groups excluding carboxylic acids is 1. The maximum absolute atomic E-state index is 13.1.